The summed E-state index contributed by atoms with van der Waals surface area (Å²) in [5.41, 5.74) is 0.351. The quantitative estimate of drug-likeness (QED) is 0.736. The Morgan fingerprint density at radius 2 is 1.73 bits per heavy atom. The average molecular weight is 281 g/mol. The number of carbonyl (C=O) groups is 1. The van der Waals surface area contributed by atoms with Crippen molar-refractivity contribution in [3.8, 4) is 0 Å². The van der Waals surface area contributed by atoms with Gasteiger partial charge in [0.05, 0.1) is 5.41 Å². The molecule has 0 bridgehead atoms. The molecular weight excluding hydrogens is 271 g/mol. The van der Waals surface area contributed by atoms with Crippen LogP contribution in [-0.4, -0.2) is 16.6 Å². The van der Waals surface area contributed by atoms with Gasteiger partial charge in [-0.3, -0.25) is 4.79 Å². The van der Waals surface area contributed by atoms with Crippen LogP contribution in [0.3, 0.4) is 0 Å². The van der Waals surface area contributed by atoms with Crippen molar-refractivity contribution in [2.75, 3.05) is 0 Å². The summed E-state index contributed by atoms with van der Waals surface area (Å²) in [4.78, 5) is 11.0. The molecule has 0 radical (unpaired) electrons. The summed E-state index contributed by atoms with van der Waals surface area (Å²) < 4.78 is 0.984. The third kappa shape index (κ3) is 2.82. The fourth-order valence-electron chi connectivity index (χ4n) is 1.52. The van der Waals surface area contributed by atoms with Gasteiger partial charge in [-0.25, -0.2) is 0 Å². The Balaban J connectivity index is 0.000000980. The number of hydrogen-bond donors (Lipinski definition) is 1. The minimum absolute atomic E-state index is 0. The summed E-state index contributed by atoms with van der Waals surface area (Å²) in [7, 11) is 0. The van der Waals surface area contributed by atoms with Crippen molar-refractivity contribution in [1.82, 2.24) is 0 Å². The van der Waals surface area contributed by atoms with E-state index in [9.17, 15) is 4.79 Å². The summed E-state index contributed by atoms with van der Waals surface area (Å²) in [5, 5.41) is 9.01. The van der Waals surface area contributed by atoms with E-state index in [0.717, 1.165) is 22.9 Å². The molecule has 76 valence electrons. The van der Waals surface area contributed by atoms with Crippen molar-refractivity contribution in [2.45, 2.75) is 18.3 Å². The minimum atomic E-state index is -0.699. The topological polar surface area (TPSA) is 67.3 Å². The van der Waals surface area contributed by atoms with E-state index in [1.54, 1.807) is 0 Å². The van der Waals surface area contributed by atoms with Gasteiger partial charge in [-0.1, -0.05) is 28.1 Å². The smallest absolute Gasteiger partial charge is 0.870 e. The summed E-state index contributed by atoms with van der Waals surface area (Å²) in [6, 6.07) is 7.53. The van der Waals surface area contributed by atoms with Crippen LogP contribution in [0.25, 0.3) is 0 Å². The first kappa shape index (κ1) is 15.1. The molecule has 3 nitrogen and oxygen atoms in total. The minimum Gasteiger partial charge on any atom is -0.870 e. The van der Waals surface area contributed by atoms with Crippen molar-refractivity contribution >= 4 is 21.9 Å². The van der Waals surface area contributed by atoms with E-state index in [1.807, 2.05) is 24.3 Å². The molecule has 0 aliphatic heterocycles. The third-order valence-corrected chi connectivity index (χ3v) is 3.08. The van der Waals surface area contributed by atoms with Gasteiger partial charge in [0.1, 0.15) is 0 Å². The van der Waals surface area contributed by atoms with Gasteiger partial charge in [-0.05, 0) is 30.5 Å². The Morgan fingerprint density at radius 3 is 2.07 bits per heavy atom. The number of aliphatic carboxylic acids is 1. The van der Waals surface area contributed by atoms with Gasteiger partial charge in [-0.2, -0.15) is 0 Å². The zero-order chi connectivity index (χ0) is 9.47. The van der Waals surface area contributed by atoms with Gasteiger partial charge in [0.2, 0.25) is 0 Å². The number of rotatable bonds is 2. The van der Waals surface area contributed by atoms with Gasteiger partial charge >= 0.3 is 35.5 Å². The molecule has 0 aromatic heterocycles. The van der Waals surface area contributed by atoms with E-state index in [1.165, 1.54) is 0 Å². The summed E-state index contributed by atoms with van der Waals surface area (Å²) >= 11 is 3.32. The third-order valence-electron chi connectivity index (χ3n) is 2.56. The molecule has 1 fully saturated rings. The Hall–Kier alpha value is 0.130. The molecule has 1 aliphatic rings. The first-order valence-electron chi connectivity index (χ1n) is 4.15. The normalized spacial score (nSPS) is 15.8. The number of hydrogen-bond acceptors (Lipinski definition) is 2. The summed E-state index contributed by atoms with van der Waals surface area (Å²) in [6.07, 6.45) is 1.54. The molecule has 15 heavy (non-hydrogen) atoms. The fraction of sp³-hybridized carbons (Fsp3) is 0.300. The maximum Gasteiger partial charge on any atom is 1.00 e. The zero-order valence-corrected chi connectivity index (χ0v) is 12.0. The molecule has 1 aromatic carbocycles. The van der Waals surface area contributed by atoms with Crippen molar-refractivity contribution in [3.63, 3.8) is 0 Å². The fourth-order valence-corrected chi connectivity index (χ4v) is 1.78. The van der Waals surface area contributed by atoms with Gasteiger partial charge < -0.3 is 10.6 Å². The van der Waals surface area contributed by atoms with E-state index in [0.29, 0.717) is 0 Å². The average Bonchev–Trinajstić information content (AvgIpc) is 2.86. The van der Waals surface area contributed by atoms with Gasteiger partial charge in [0.15, 0.2) is 0 Å². The number of halogens is 1. The number of carboxylic acids is 1. The molecule has 0 amide bonds. The van der Waals surface area contributed by atoms with Crippen LogP contribution in [0.5, 0.6) is 0 Å². The van der Waals surface area contributed by atoms with Crippen LogP contribution in [0.15, 0.2) is 28.7 Å². The second-order valence-electron chi connectivity index (χ2n) is 3.39. The van der Waals surface area contributed by atoms with Gasteiger partial charge in [-0.15, -0.1) is 0 Å². The van der Waals surface area contributed by atoms with Crippen LogP contribution in [-0.2, 0) is 10.2 Å². The second kappa shape index (κ2) is 5.46. The van der Waals surface area contributed by atoms with Crippen LogP contribution in [0.1, 0.15) is 18.4 Å². The number of carboxylic acid groups (broad SMARTS) is 1. The van der Waals surface area contributed by atoms with Crippen LogP contribution in [0.4, 0.5) is 0 Å². The van der Waals surface area contributed by atoms with Crippen LogP contribution < -0.4 is 29.6 Å². The van der Waals surface area contributed by atoms with Crippen LogP contribution in [0, 0.1) is 0 Å². The summed E-state index contributed by atoms with van der Waals surface area (Å²) in [5.74, 6) is -0.699. The molecule has 0 atom stereocenters. The molecular formula is C10H10BrNaO3. The van der Waals surface area contributed by atoms with Gasteiger partial charge in [0.25, 0.3) is 0 Å². The standard InChI is InChI=1S/C10H9BrO2.Na.H2O/c11-8-3-1-7(2-4-8)10(5-6-10)9(12)13;;/h1-4H,5-6H2,(H,12,13);;1H2/q;+1;/p-1. The first-order valence-corrected chi connectivity index (χ1v) is 4.94. The summed E-state index contributed by atoms with van der Waals surface area (Å²) in [6.45, 7) is 0. The maximum absolute atomic E-state index is 11.0. The molecule has 0 spiro atoms. The predicted molar refractivity (Wildman–Crippen MR) is 54.6 cm³/mol. The second-order valence-corrected chi connectivity index (χ2v) is 4.31. The Morgan fingerprint density at radius 1 is 1.27 bits per heavy atom. The van der Waals surface area contributed by atoms with Crippen molar-refractivity contribution in [2.24, 2.45) is 0 Å². The van der Waals surface area contributed by atoms with Gasteiger partial charge in [0, 0.05) is 4.47 Å². The molecule has 5 heteroatoms. The van der Waals surface area contributed by atoms with E-state index in [2.05, 4.69) is 15.9 Å². The Bertz CT molecular complexity index is 346. The maximum atomic E-state index is 11.0. The molecule has 2 N–H and O–H groups in total. The van der Waals surface area contributed by atoms with E-state index in [-0.39, 0.29) is 35.0 Å². The molecule has 1 aromatic rings. The van der Waals surface area contributed by atoms with E-state index >= 15 is 0 Å². The molecule has 2 rings (SSSR count). The molecule has 1 aliphatic carbocycles. The molecule has 0 unspecified atom stereocenters. The molecule has 0 saturated heterocycles. The first-order chi connectivity index (χ1) is 6.15. The largest absolute Gasteiger partial charge is 1.00 e. The molecule has 1 saturated carbocycles. The SMILES string of the molecule is O=C(O)C1(c2ccc(Br)cc2)CC1.[Na+].[OH-]. The monoisotopic (exact) mass is 280 g/mol. The van der Waals surface area contributed by atoms with Crippen LogP contribution >= 0.6 is 15.9 Å². The van der Waals surface area contributed by atoms with Crippen LogP contribution in [0.2, 0.25) is 0 Å². The van der Waals surface area contributed by atoms with Crippen molar-refractivity contribution in [1.29, 1.82) is 0 Å². The Labute approximate surface area is 119 Å². The van der Waals surface area contributed by atoms with E-state index in [4.69, 9.17) is 5.11 Å². The predicted octanol–water partition coefficient (Wildman–Crippen LogP) is -0.607. The van der Waals surface area contributed by atoms with Crippen molar-refractivity contribution < 1.29 is 44.9 Å². The molecule has 0 heterocycles. The van der Waals surface area contributed by atoms with E-state index < -0.39 is 11.4 Å². The van der Waals surface area contributed by atoms with Crippen molar-refractivity contribution in [3.05, 3.63) is 34.3 Å². The Kier molecular flexibility index (Phi) is 5.50. The zero-order valence-electron chi connectivity index (χ0n) is 8.40. The number of benzene rings is 1.